The molecule has 2 aromatic carbocycles. The van der Waals surface area contributed by atoms with Crippen molar-refractivity contribution in [3.63, 3.8) is 0 Å². The Hall–Kier alpha value is -3.35. The highest BCUT2D eigenvalue weighted by Gasteiger charge is 2.08. The summed E-state index contributed by atoms with van der Waals surface area (Å²) in [7, 11) is 3.21. The maximum Gasteiger partial charge on any atom is 0.249 e. The number of rotatable bonds is 9. The zero-order chi connectivity index (χ0) is 18.9. The summed E-state index contributed by atoms with van der Waals surface area (Å²) < 4.78 is 10.6. The van der Waals surface area contributed by atoms with Gasteiger partial charge in [0.25, 0.3) is 0 Å². The number of benzene rings is 2. The minimum Gasteiger partial charge on any atom is -0.497 e. The molecule has 27 heavy (non-hydrogen) atoms. The van der Waals surface area contributed by atoms with Crippen LogP contribution in [-0.2, 0) is 6.42 Å². The molecule has 0 bridgehead atoms. The van der Waals surface area contributed by atoms with E-state index in [1.165, 1.54) is 5.56 Å². The van der Waals surface area contributed by atoms with Gasteiger partial charge in [-0.15, -0.1) is 5.10 Å². The van der Waals surface area contributed by atoms with Crippen LogP contribution in [0.5, 0.6) is 11.5 Å². The molecule has 0 atom stereocenters. The number of anilines is 3. The quantitative estimate of drug-likeness (QED) is 0.560. The lowest BCUT2D eigenvalue weighted by Crippen LogP contribution is -2.08. The Bertz CT molecular complexity index is 858. The zero-order valence-corrected chi connectivity index (χ0v) is 15.5. The maximum absolute atomic E-state index is 5.38. The van der Waals surface area contributed by atoms with Gasteiger partial charge in [-0.05, 0) is 30.5 Å². The van der Waals surface area contributed by atoms with E-state index in [-0.39, 0.29) is 0 Å². The summed E-state index contributed by atoms with van der Waals surface area (Å²) in [6.45, 7) is 0.804. The highest BCUT2D eigenvalue weighted by atomic mass is 16.5. The monoisotopic (exact) mass is 365 g/mol. The highest BCUT2D eigenvalue weighted by molar-refractivity contribution is 5.64. The number of aromatic nitrogens is 3. The van der Waals surface area contributed by atoms with Crippen molar-refractivity contribution in [3.05, 3.63) is 60.3 Å². The fraction of sp³-hybridized carbons (Fsp3) is 0.250. The highest BCUT2D eigenvalue weighted by Crippen LogP contribution is 2.30. The van der Waals surface area contributed by atoms with Gasteiger partial charge in [0.2, 0.25) is 5.95 Å². The number of ether oxygens (including phenoxy) is 2. The van der Waals surface area contributed by atoms with Crippen molar-refractivity contribution in [3.8, 4) is 11.5 Å². The van der Waals surface area contributed by atoms with Crippen molar-refractivity contribution in [2.24, 2.45) is 0 Å². The molecule has 3 aromatic rings. The minimum absolute atomic E-state index is 0.395. The fourth-order valence-electron chi connectivity index (χ4n) is 2.62. The van der Waals surface area contributed by atoms with Gasteiger partial charge < -0.3 is 20.1 Å². The molecule has 0 fully saturated rings. The van der Waals surface area contributed by atoms with Gasteiger partial charge in [-0.25, -0.2) is 0 Å². The van der Waals surface area contributed by atoms with Crippen molar-refractivity contribution in [2.45, 2.75) is 12.8 Å². The standard InChI is InChI=1S/C20H23N5O2/c1-26-16-10-11-17(18(13-16)27-2)23-20-24-19(14-22-25-20)21-12-6-9-15-7-4-3-5-8-15/h3-5,7-8,10-11,13-14H,6,9,12H2,1-2H3,(H2,21,23,24,25). The van der Waals surface area contributed by atoms with E-state index in [1.807, 2.05) is 18.2 Å². The lowest BCUT2D eigenvalue weighted by Gasteiger charge is -2.12. The summed E-state index contributed by atoms with van der Waals surface area (Å²) in [6.07, 6.45) is 3.63. The van der Waals surface area contributed by atoms with Crippen LogP contribution in [0.15, 0.2) is 54.7 Å². The molecule has 0 aliphatic rings. The van der Waals surface area contributed by atoms with Gasteiger partial charge in [-0.2, -0.15) is 10.1 Å². The summed E-state index contributed by atoms with van der Waals surface area (Å²) in [5.41, 5.74) is 2.07. The Morgan fingerprint density at radius 1 is 1.00 bits per heavy atom. The van der Waals surface area contributed by atoms with Gasteiger partial charge in [0.05, 0.1) is 26.1 Å². The first-order chi connectivity index (χ1) is 13.3. The number of hydrogen-bond donors (Lipinski definition) is 2. The number of methoxy groups -OCH3 is 2. The average molecular weight is 365 g/mol. The SMILES string of the molecule is COc1ccc(Nc2nncc(NCCCc3ccccc3)n2)c(OC)c1. The molecule has 1 aromatic heterocycles. The first kappa shape index (κ1) is 18.4. The molecule has 7 heteroatoms. The molecule has 0 aliphatic carbocycles. The number of aryl methyl sites for hydroxylation is 1. The van der Waals surface area contributed by atoms with Crippen molar-refractivity contribution in [1.82, 2.24) is 15.2 Å². The van der Waals surface area contributed by atoms with Gasteiger partial charge in [-0.1, -0.05) is 30.3 Å². The number of hydrogen-bond acceptors (Lipinski definition) is 7. The van der Waals surface area contributed by atoms with Crippen LogP contribution in [0.3, 0.4) is 0 Å². The zero-order valence-electron chi connectivity index (χ0n) is 15.5. The van der Waals surface area contributed by atoms with E-state index in [0.29, 0.717) is 23.3 Å². The molecule has 1 heterocycles. The molecule has 0 radical (unpaired) electrons. The maximum atomic E-state index is 5.38. The largest absolute Gasteiger partial charge is 0.497 e. The molecule has 140 valence electrons. The van der Waals surface area contributed by atoms with Crippen LogP contribution >= 0.6 is 0 Å². The van der Waals surface area contributed by atoms with E-state index < -0.39 is 0 Å². The molecule has 0 amide bonds. The van der Waals surface area contributed by atoms with Crippen LogP contribution in [0.25, 0.3) is 0 Å². The van der Waals surface area contributed by atoms with E-state index in [0.717, 1.165) is 25.1 Å². The Balaban J connectivity index is 1.57. The van der Waals surface area contributed by atoms with Gasteiger partial charge in [0.1, 0.15) is 11.5 Å². The van der Waals surface area contributed by atoms with Crippen LogP contribution in [0.4, 0.5) is 17.5 Å². The molecule has 0 saturated carbocycles. The minimum atomic E-state index is 0.395. The average Bonchev–Trinajstić information content (AvgIpc) is 2.72. The number of nitrogens with zero attached hydrogens (tertiary/aromatic N) is 3. The third-order valence-corrected chi connectivity index (χ3v) is 4.01. The van der Waals surface area contributed by atoms with Crippen LogP contribution in [0, 0.1) is 0 Å². The Kier molecular flexibility index (Phi) is 6.40. The molecule has 7 nitrogen and oxygen atoms in total. The lowest BCUT2D eigenvalue weighted by atomic mass is 10.1. The Morgan fingerprint density at radius 2 is 1.85 bits per heavy atom. The van der Waals surface area contributed by atoms with E-state index in [4.69, 9.17) is 9.47 Å². The van der Waals surface area contributed by atoms with E-state index in [1.54, 1.807) is 26.5 Å². The van der Waals surface area contributed by atoms with Crippen molar-refractivity contribution in [2.75, 3.05) is 31.4 Å². The molecule has 0 aliphatic heterocycles. The van der Waals surface area contributed by atoms with Crippen LogP contribution in [0.2, 0.25) is 0 Å². The Morgan fingerprint density at radius 3 is 2.63 bits per heavy atom. The number of nitrogens with one attached hydrogen (secondary N) is 2. The molecule has 2 N–H and O–H groups in total. The first-order valence-electron chi connectivity index (χ1n) is 8.75. The van der Waals surface area contributed by atoms with Crippen molar-refractivity contribution < 1.29 is 9.47 Å². The van der Waals surface area contributed by atoms with E-state index >= 15 is 0 Å². The Labute approximate surface area is 158 Å². The van der Waals surface area contributed by atoms with Gasteiger partial charge in [0.15, 0.2) is 5.82 Å². The molecular weight excluding hydrogens is 342 g/mol. The topological polar surface area (TPSA) is 81.2 Å². The second kappa shape index (κ2) is 9.38. The third kappa shape index (κ3) is 5.31. The molecule has 0 unspecified atom stereocenters. The van der Waals surface area contributed by atoms with Crippen molar-refractivity contribution >= 4 is 17.5 Å². The molecule has 0 spiro atoms. The third-order valence-electron chi connectivity index (χ3n) is 4.01. The van der Waals surface area contributed by atoms with Crippen LogP contribution < -0.4 is 20.1 Å². The van der Waals surface area contributed by atoms with Crippen LogP contribution in [-0.4, -0.2) is 35.9 Å². The van der Waals surface area contributed by atoms with Gasteiger partial charge >= 0.3 is 0 Å². The predicted molar refractivity (Wildman–Crippen MR) is 106 cm³/mol. The second-order valence-electron chi connectivity index (χ2n) is 5.87. The smallest absolute Gasteiger partial charge is 0.249 e. The molecular formula is C20H23N5O2. The van der Waals surface area contributed by atoms with Gasteiger partial charge in [0, 0.05) is 12.6 Å². The summed E-state index contributed by atoms with van der Waals surface area (Å²) in [4.78, 5) is 4.45. The first-order valence-corrected chi connectivity index (χ1v) is 8.75. The predicted octanol–water partition coefficient (Wildman–Crippen LogP) is 3.68. The summed E-state index contributed by atoms with van der Waals surface area (Å²) in [5.74, 6) is 2.42. The summed E-state index contributed by atoms with van der Waals surface area (Å²) in [6, 6.07) is 15.9. The van der Waals surface area contributed by atoms with Crippen LogP contribution in [0.1, 0.15) is 12.0 Å². The molecule has 3 rings (SSSR count). The summed E-state index contributed by atoms with van der Waals surface area (Å²) >= 11 is 0. The second-order valence-corrected chi connectivity index (χ2v) is 5.87. The lowest BCUT2D eigenvalue weighted by molar-refractivity contribution is 0.395. The van der Waals surface area contributed by atoms with E-state index in [9.17, 15) is 0 Å². The van der Waals surface area contributed by atoms with Gasteiger partial charge in [-0.3, -0.25) is 0 Å². The normalized spacial score (nSPS) is 10.3. The fourth-order valence-corrected chi connectivity index (χ4v) is 2.62. The van der Waals surface area contributed by atoms with E-state index in [2.05, 4.69) is 50.1 Å². The van der Waals surface area contributed by atoms with Crippen molar-refractivity contribution in [1.29, 1.82) is 0 Å². The summed E-state index contributed by atoms with van der Waals surface area (Å²) in [5, 5.41) is 14.4. The molecule has 0 saturated heterocycles.